The van der Waals surface area contributed by atoms with Crippen LogP contribution < -0.4 is 14.4 Å². The number of hydrogen-bond donors (Lipinski definition) is 1. The van der Waals surface area contributed by atoms with E-state index < -0.39 is 28.5 Å². The standard InChI is InChI=1S/C24H33N3O5S/c1-5-16-25-24(29)22(6-2)26(17-19-10-8-7-9-11-19)23(28)18-27(33(4,30)31)20-12-14-21(32-3)15-13-20/h7-15,22H,5-6,16-18H2,1-4H3,(H,25,29)/t22-/m0/s1. The van der Waals surface area contributed by atoms with Crippen LogP contribution in [-0.4, -0.2) is 57.6 Å². The molecule has 0 spiro atoms. The van der Waals surface area contributed by atoms with E-state index in [0.717, 1.165) is 22.5 Å². The molecule has 0 aromatic heterocycles. The van der Waals surface area contributed by atoms with Gasteiger partial charge in [-0.05, 0) is 42.7 Å². The summed E-state index contributed by atoms with van der Waals surface area (Å²) in [6.45, 7) is 4.06. The summed E-state index contributed by atoms with van der Waals surface area (Å²) >= 11 is 0. The highest BCUT2D eigenvalue weighted by Gasteiger charge is 2.31. The number of hydrogen-bond acceptors (Lipinski definition) is 5. The van der Waals surface area contributed by atoms with Crippen molar-refractivity contribution >= 4 is 27.5 Å². The van der Waals surface area contributed by atoms with Gasteiger partial charge >= 0.3 is 0 Å². The van der Waals surface area contributed by atoms with E-state index in [1.54, 1.807) is 24.3 Å². The van der Waals surface area contributed by atoms with Gasteiger partial charge < -0.3 is 15.0 Å². The fourth-order valence-corrected chi connectivity index (χ4v) is 4.28. The van der Waals surface area contributed by atoms with Gasteiger partial charge in [0.2, 0.25) is 21.8 Å². The van der Waals surface area contributed by atoms with E-state index in [1.165, 1.54) is 12.0 Å². The Kier molecular flexibility index (Phi) is 9.72. The molecule has 0 aliphatic heterocycles. The molecule has 1 N–H and O–H groups in total. The van der Waals surface area contributed by atoms with E-state index in [1.807, 2.05) is 44.2 Å². The zero-order valence-electron chi connectivity index (χ0n) is 19.7. The molecular weight excluding hydrogens is 442 g/mol. The van der Waals surface area contributed by atoms with Crippen LogP contribution in [0.1, 0.15) is 32.3 Å². The van der Waals surface area contributed by atoms with Gasteiger partial charge in [0.25, 0.3) is 0 Å². The number of sulfonamides is 1. The first-order chi connectivity index (χ1) is 15.7. The monoisotopic (exact) mass is 475 g/mol. The Morgan fingerprint density at radius 2 is 1.67 bits per heavy atom. The first-order valence-corrected chi connectivity index (χ1v) is 12.8. The number of carbonyl (C=O) groups is 2. The number of nitrogens with zero attached hydrogens (tertiary/aromatic N) is 2. The Morgan fingerprint density at radius 1 is 1.03 bits per heavy atom. The molecule has 2 rings (SSSR count). The van der Waals surface area contributed by atoms with E-state index in [-0.39, 0.29) is 12.5 Å². The second kappa shape index (κ2) is 12.2. The maximum Gasteiger partial charge on any atom is 0.244 e. The van der Waals surface area contributed by atoms with Crippen LogP contribution >= 0.6 is 0 Å². The van der Waals surface area contributed by atoms with Crippen molar-refractivity contribution in [2.24, 2.45) is 0 Å². The molecule has 0 bridgehead atoms. The molecule has 9 heteroatoms. The lowest BCUT2D eigenvalue weighted by atomic mass is 10.1. The molecule has 0 aliphatic rings. The number of amides is 2. The first-order valence-electron chi connectivity index (χ1n) is 10.9. The summed E-state index contributed by atoms with van der Waals surface area (Å²) in [5.74, 6) is -0.138. The molecule has 0 saturated heterocycles. The quantitative estimate of drug-likeness (QED) is 0.509. The number of rotatable bonds is 12. The fourth-order valence-electron chi connectivity index (χ4n) is 3.43. The van der Waals surface area contributed by atoms with Crippen LogP contribution in [0, 0.1) is 0 Å². The van der Waals surface area contributed by atoms with Crippen LogP contribution in [0.4, 0.5) is 5.69 Å². The van der Waals surface area contributed by atoms with E-state index >= 15 is 0 Å². The third kappa shape index (κ3) is 7.49. The molecule has 2 aromatic carbocycles. The van der Waals surface area contributed by atoms with E-state index in [4.69, 9.17) is 4.74 Å². The summed E-state index contributed by atoms with van der Waals surface area (Å²) in [5.41, 5.74) is 1.19. The molecule has 33 heavy (non-hydrogen) atoms. The van der Waals surface area contributed by atoms with Gasteiger partial charge in [-0.1, -0.05) is 44.2 Å². The predicted molar refractivity (Wildman–Crippen MR) is 130 cm³/mol. The van der Waals surface area contributed by atoms with Crippen molar-refractivity contribution in [3.05, 3.63) is 60.2 Å². The number of anilines is 1. The maximum absolute atomic E-state index is 13.5. The van der Waals surface area contributed by atoms with Crippen LogP contribution in [0.5, 0.6) is 5.75 Å². The van der Waals surface area contributed by atoms with Gasteiger partial charge in [-0.2, -0.15) is 0 Å². The minimum atomic E-state index is -3.76. The summed E-state index contributed by atoms with van der Waals surface area (Å²) in [4.78, 5) is 27.8. The highest BCUT2D eigenvalue weighted by atomic mass is 32.2. The van der Waals surface area contributed by atoms with Crippen LogP contribution in [0.3, 0.4) is 0 Å². The molecule has 0 saturated carbocycles. The third-order valence-corrected chi connectivity index (χ3v) is 6.31. The van der Waals surface area contributed by atoms with Gasteiger partial charge in [0.05, 0.1) is 19.1 Å². The molecule has 180 valence electrons. The number of methoxy groups -OCH3 is 1. The van der Waals surface area contributed by atoms with Crippen molar-refractivity contribution in [2.75, 3.05) is 30.8 Å². The van der Waals surface area contributed by atoms with Crippen LogP contribution in [-0.2, 0) is 26.2 Å². The smallest absolute Gasteiger partial charge is 0.244 e. The first kappa shape index (κ1) is 26.2. The number of ether oxygens (including phenoxy) is 1. The molecule has 2 amide bonds. The maximum atomic E-state index is 13.5. The summed E-state index contributed by atoms with van der Waals surface area (Å²) < 4.78 is 31.3. The van der Waals surface area contributed by atoms with E-state index in [2.05, 4.69) is 5.32 Å². The van der Waals surface area contributed by atoms with Gasteiger partial charge in [0, 0.05) is 13.1 Å². The lowest BCUT2D eigenvalue weighted by Crippen LogP contribution is -2.52. The van der Waals surface area contributed by atoms with Crippen molar-refractivity contribution < 1.29 is 22.7 Å². The van der Waals surface area contributed by atoms with E-state index in [0.29, 0.717) is 24.4 Å². The molecule has 0 aliphatic carbocycles. The summed E-state index contributed by atoms with van der Waals surface area (Å²) in [5, 5.41) is 2.85. The molecule has 8 nitrogen and oxygen atoms in total. The van der Waals surface area contributed by atoms with E-state index in [9.17, 15) is 18.0 Å². The van der Waals surface area contributed by atoms with Gasteiger partial charge in [-0.15, -0.1) is 0 Å². The van der Waals surface area contributed by atoms with Crippen molar-refractivity contribution in [1.82, 2.24) is 10.2 Å². The van der Waals surface area contributed by atoms with Gasteiger partial charge in [-0.25, -0.2) is 8.42 Å². The molecule has 0 fully saturated rings. The van der Waals surface area contributed by atoms with Crippen LogP contribution in [0.2, 0.25) is 0 Å². The highest BCUT2D eigenvalue weighted by molar-refractivity contribution is 7.92. The Morgan fingerprint density at radius 3 is 2.18 bits per heavy atom. The van der Waals surface area contributed by atoms with Gasteiger partial charge in [-0.3, -0.25) is 13.9 Å². The largest absolute Gasteiger partial charge is 0.497 e. The molecule has 0 heterocycles. The van der Waals surface area contributed by atoms with Crippen molar-refractivity contribution in [3.8, 4) is 5.75 Å². The zero-order valence-corrected chi connectivity index (χ0v) is 20.5. The Bertz CT molecular complexity index is 1010. The Labute approximate surface area is 196 Å². The molecule has 0 unspecified atom stereocenters. The second-order valence-corrected chi connectivity index (χ2v) is 9.60. The number of carbonyl (C=O) groups excluding carboxylic acids is 2. The fraction of sp³-hybridized carbons (Fsp3) is 0.417. The summed E-state index contributed by atoms with van der Waals surface area (Å²) in [7, 11) is -2.24. The van der Waals surface area contributed by atoms with Crippen molar-refractivity contribution in [1.29, 1.82) is 0 Å². The zero-order chi connectivity index (χ0) is 24.4. The Balaban J connectivity index is 2.38. The predicted octanol–water partition coefficient (Wildman–Crippen LogP) is 2.79. The van der Waals surface area contributed by atoms with Crippen LogP contribution in [0.25, 0.3) is 0 Å². The van der Waals surface area contributed by atoms with Crippen molar-refractivity contribution in [3.63, 3.8) is 0 Å². The lowest BCUT2D eigenvalue weighted by molar-refractivity contribution is -0.140. The second-order valence-electron chi connectivity index (χ2n) is 7.69. The summed E-state index contributed by atoms with van der Waals surface area (Å²) in [6.07, 6.45) is 2.22. The number of benzene rings is 2. The van der Waals surface area contributed by atoms with Crippen LogP contribution in [0.15, 0.2) is 54.6 Å². The SMILES string of the molecule is CCCNC(=O)[C@H](CC)N(Cc1ccccc1)C(=O)CN(c1ccc(OC)cc1)S(C)(=O)=O. The Hall–Kier alpha value is -3.07. The molecule has 1 atom stereocenters. The third-order valence-electron chi connectivity index (χ3n) is 5.17. The molecule has 0 radical (unpaired) electrons. The summed E-state index contributed by atoms with van der Waals surface area (Å²) in [6, 6.07) is 15.0. The average Bonchev–Trinajstić information content (AvgIpc) is 2.81. The number of nitrogens with one attached hydrogen (secondary N) is 1. The average molecular weight is 476 g/mol. The van der Waals surface area contributed by atoms with Gasteiger partial charge in [0.1, 0.15) is 18.3 Å². The molecular formula is C24H33N3O5S. The minimum absolute atomic E-state index is 0.192. The molecule has 2 aromatic rings. The van der Waals surface area contributed by atoms with Crippen molar-refractivity contribution in [2.45, 2.75) is 39.3 Å². The highest BCUT2D eigenvalue weighted by Crippen LogP contribution is 2.22. The normalized spacial score (nSPS) is 12.0. The minimum Gasteiger partial charge on any atom is -0.497 e. The van der Waals surface area contributed by atoms with Gasteiger partial charge in [0.15, 0.2) is 0 Å². The lowest BCUT2D eigenvalue weighted by Gasteiger charge is -2.32. The topological polar surface area (TPSA) is 96.0 Å².